The first-order valence-corrected chi connectivity index (χ1v) is 6.72. The van der Waals surface area contributed by atoms with Crippen LogP contribution >= 0.6 is 0 Å². The highest BCUT2D eigenvalue weighted by molar-refractivity contribution is 5.84. The monoisotopic (exact) mass is 260 g/mol. The molecular formula is C18H14NO+. The lowest BCUT2D eigenvalue weighted by molar-refractivity contribution is -0.332. The number of hydrogen-bond donors (Lipinski definition) is 0. The summed E-state index contributed by atoms with van der Waals surface area (Å²) in [5.41, 5.74) is 4.30. The normalized spacial score (nSPS) is 11.2. The second-order valence-electron chi connectivity index (χ2n) is 5.06. The Labute approximate surface area is 116 Å². The third kappa shape index (κ3) is 1.69. The number of aryl methyl sites for hydroxylation is 1. The van der Waals surface area contributed by atoms with E-state index in [2.05, 4.69) is 48.3 Å². The number of aromatic nitrogens is 1. The lowest BCUT2D eigenvalue weighted by Gasteiger charge is -1.98. The molecule has 0 saturated heterocycles. The van der Waals surface area contributed by atoms with Crippen LogP contribution in [0, 0.1) is 6.92 Å². The summed E-state index contributed by atoms with van der Waals surface area (Å²) in [6.45, 7) is 2.13. The maximum Gasteiger partial charge on any atom is 0.247 e. The lowest BCUT2D eigenvalue weighted by Crippen LogP contribution is -2.08. The number of rotatable bonds is 1. The highest BCUT2D eigenvalue weighted by Gasteiger charge is 2.14. The minimum atomic E-state index is 0.875. The van der Waals surface area contributed by atoms with E-state index in [0.717, 1.165) is 27.9 Å². The molecule has 0 radical (unpaired) electrons. The number of nitrogens with one attached hydrogen (secondary N) is 1. The molecule has 0 spiro atoms. The van der Waals surface area contributed by atoms with Crippen molar-refractivity contribution in [2.75, 3.05) is 0 Å². The van der Waals surface area contributed by atoms with Gasteiger partial charge in [-0.15, -0.1) is 0 Å². The van der Waals surface area contributed by atoms with Gasteiger partial charge >= 0.3 is 0 Å². The summed E-state index contributed by atoms with van der Waals surface area (Å²) in [5.74, 6) is 0.875. The number of H-pyrrole nitrogens is 1. The zero-order chi connectivity index (χ0) is 13.5. The van der Waals surface area contributed by atoms with Crippen molar-refractivity contribution in [3.8, 4) is 11.5 Å². The molecule has 0 aliphatic heterocycles. The van der Waals surface area contributed by atoms with E-state index in [1.165, 1.54) is 10.9 Å². The third-order valence-corrected chi connectivity index (χ3v) is 3.67. The van der Waals surface area contributed by atoms with E-state index in [4.69, 9.17) is 4.42 Å². The fraction of sp³-hybridized carbons (Fsp3) is 0.0556. The summed E-state index contributed by atoms with van der Waals surface area (Å²) >= 11 is 0. The van der Waals surface area contributed by atoms with Gasteiger partial charge in [0.2, 0.25) is 11.2 Å². The molecule has 0 amide bonds. The Hall–Kier alpha value is -2.61. The summed E-state index contributed by atoms with van der Waals surface area (Å²) in [4.78, 5) is 3.45. The van der Waals surface area contributed by atoms with Crippen molar-refractivity contribution in [2.45, 2.75) is 6.92 Å². The highest BCUT2D eigenvalue weighted by Crippen LogP contribution is 2.27. The molecule has 1 N–H and O–H groups in total. The van der Waals surface area contributed by atoms with Crippen molar-refractivity contribution >= 4 is 21.9 Å². The van der Waals surface area contributed by atoms with Gasteiger partial charge in [-0.05, 0) is 30.7 Å². The minimum Gasteiger partial charge on any atom is -0.450 e. The van der Waals surface area contributed by atoms with E-state index in [9.17, 15) is 0 Å². The fourth-order valence-electron chi connectivity index (χ4n) is 2.66. The van der Waals surface area contributed by atoms with Crippen LogP contribution in [0.4, 0.5) is 0 Å². The second-order valence-corrected chi connectivity index (χ2v) is 5.06. The van der Waals surface area contributed by atoms with E-state index in [-0.39, 0.29) is 0 Å². The van der Waals surface area contributed by atoms with Crippen molar-refractivity contribution in [3.63, 3.8) is 0 Å². The molecule has 0 bridgehead atoms. The molecule has 0 atom stereocenters. The van der Waals surface area contributed by atoms with E-state index in [1.807, 2.05) is 24.3 Å². The van der Waals surface area contributed by atoms with Gasteiger partial charge in [-0.3, -0.25) is 0 Å². The standard InChI is InChI=1S/C18H13NO/c1-12-10-16(19-15-8-4-3-7-14(12)15)18-11-13-6-2-5-9-17(13)20-18/h2-11H,1H3/p+1. The van der Waals surface area contributed by atoms with Gasteiger partial charge in [-0.2, -0.15) is 0 Å². The Morgan fingerprint density at radius 3 is 2.60 bits per heavy atom. The third-order valence-electron chi connectivity index (χ3n) is 3.67. The van der Waals surface area contributed by atoms with E-state index in [1.54, 1.807) is 0 Å². The van der Waals surface area contributed by atoms with Crippen LogP contribution in [-0.2, 0) is 0 Å². The van der Waals surface area contributed by atoms with E-state index in [0.29, 0.717) is 0 Å². The number of furan rings is 1. The van der Waals surface area contributed by atoms with Crippen molar-refractivity contribution in [1.29, 1.82) is 0 Å². The Bertz CT molecular complexity index is 888. The molecule has 0 aliphatic carbocycles. The van der Waals surface area contributed by atoms with E-state index < -0.39 is 0 Å². The molecular weight excluding hydrogens is 246 g/mol. The molecule has 0 unspecified atom stereocenters. The number of para-hydroxylation sites is 2. The minimum absolute atomic E-state index is 0.875. The van der Waals surface area contributed by atoms with Gasteiger partial charge in [0, 0.05) is 22.9 Å². The number of hydrogen-bond acceptors (Lipinski definition) is 1. The van der Waals surface area contributed by atoms with Crippen molar-refractivity contribution < 1.29 is 9.40 Å². The second kappa shape index (κ2) is 4.20. The zero-order valence-electron chi connectivity index (χ0n) is 11.2. The number of aromatic amines is 1. The lowest BCUT2D eigenvalue weighted by atomic mass is 10.1. The van der Waals surface area contributed by atoms with Crippen LogP contribution in [0.5, 0.6) is 0 Å². The predicted molar refractivity (Wildman–Crippen MR) is 80.4 cm³/mol. The first kappa shape index (κ1) is 11.2. The molecule has 2 heterocycles. The molecule has 0 saturated carbocycles. The molecule has 2 aromatic heterocycles. The highest BCUT2D eigenvalue weighted by atomic mass is 16.3. The van der Waals surface area contributed by atoms with Gasteiger partial charge in [0.1, 0.15) is 5.58 Å². The Morgan fingerprint density at radius 2 is 1.70 bits per heavy atom. The first-order valence-electron chi connectivity index (χ1n) is 6.72. The van der Waals surface area contributed by atoms with Crippen LogP contribution in [0.25, 0.3) is 33.3 Å². The van der Waals surface area contributed by atoms with E-state index >= 15 is 0 Å². The summed E-state index contributed by atoms with van der Waals surface area (Å²) in [7, 11) is 0. The number of fused-ring (bicyclic) bond motifs is 2. The largest absolute Gasteiger partial charge is 0.450 e. The number of benzene rings is 2. The first-order chi connectivity index (χ1) is 9.81. The quantitative estimate of drug-likeness (QED) is 0.499. The average Bonchev–Trinajstić information content (AvgIpc) is 2.91. The predicted octanol–water partition coefficient (Wildman–Crippen LogP) is 4.38. The zero-order valence-corrected chi connectivity index (χ0v) is 11.2. The Kier molecular flexibility index (Phi) is 2.36. The summed E-state index contributed by atoms with van der Waals surface area (Å²) < 4.78 is 5.93. The average molecular weight is 260 g/mol. The van der Waals surface area contributed by atoms with Crippen LogP contribution in [0.2, 0.25) is 0 Å². The number of pyridine rings is 1. The van der Waals surface area contributed by atoms with Gasteiger partial charge in [0.25, 0.3) is 0 Å². The van der Waals surface area contributed by atoms with Crippen molar-refractivity contribution in [2.24, 2.45) is 0 Å². The van der Waals surface area contributed by atoms with Crippen LogP contribution in [0.1, 0.15) is 5.56 Å². The molecule has 0 fully saturated rings. The van der Waals surface area contributed by atoms with Gasteiger partial charge in [0.15, 0.2) is 5.76 Å². The molecule has 4 aromatic rings. The topological polar surface area (TPSA) is 27.3 Å². The molecule has 2 aromatic carbocycles. The molecule has 0 aliphatic rings. The summed E-state index contributed by atoms with van der Waals surface area (Å²) in [6, 6.07) is 20.6. The molecule has 2 nitrogen and oxygen atoms in total. The van der Waals surface area contributed by atoms with Crippen LogP contribution in [0.15, 0.2) is 65.1 Å². The van der Waals surface area contributed by atoms with Crippen LogP contribution < -0.4 is 4.98 Å². The van der Waals surface area contributed by atoms with Gasteiger partial charge in [-0.25, -0.2) is 4.98 Å². The van der Waals surface area contributed by atoms with Gasteiger partial charge in [-0.1, -0.05) is 30.3 Å². The molecule has 20 heavy (non-hydrogen) atoms. The summed E-state index contributed by atoms with van der Waals surface area (Å²) in [6.07, 6.45) is 0. The van der Waals surface area contributed by atoms with Crippen molar-refractivity contribution in [3.05, 3.63) is 66.2 Å². The Morgan fingerprint density at radius 1 is 0.900 bits per heavy atom. The smallest absolute Gasteiger partial charge is 0.247 e. The van der Waals surface area contributed by atoms with Crippen LogP contribution in [-0.4, -0.2) is 0 Å². The maximum atomic E-state index is 5.93. The molecule has 96 valence electrons. The SMILES string of the molecule is Cc1cc(-c2cc3ccccc3o2)[nH+]c2ccccc12. The van der Waals surface area contributed by atoms with Gasteiger partial charge < -0.3 is 4.42 Å². The summed E-state index contributed by atoms with van der Waals surface area (Å²) in [5, 5.41) is 2.37. The maximum absolute atomic E-state index is 5.93. The fourth-order valence-corrected chi connectivity index (χ4v) is 2.66. The van der Waals surface area contributed by atoms with Crippen molar-refractivity contribution in [1.82, 2.24) is 0 Å². The molecule has 2 heteroatoms. The van der Waals surface area contributed by atoms with Gasteiger partial charge in [0.05, 0.1) is 0 Å². The Balaban J connectivity index is 1.97. The van der Waals surface area contributed by atoms with Crippen LogP contribution in [0.3, 0.4) is 0 Å². The molecule has 4 rings (SSSR count).